The van der Waals surface area contributed by atoms with Gasteiger partial charge in [-0.05, 0) is 12.1 Å². The van der Waals surface area contributed by atoms with Crippen molar-refractivity contribution in [3.05, 3.63) is 40.4 Å². The van der Waals surface area contributed by atoms with Crippen LogP contribution in [0.15, 0.2) is 24.8 Å². The monoisotopic (exact) mass is 460 g/mol. The van der Waals surface area contributed by atoms with E-state index in [0.717, 1.165) is 4.90 Å². The Balaban J connectivity index is 1.99. The van der Waals surface area contributed by atoms with Gasteiger partial charge < -0.3 is 15.2 Å². The Morgan fingerprint density at radius 2 is 2.10 bits per heavy atom. The van der Waals surface area contributed by atoms with Gasteiger partial charge in [0.15, 0.2) is 0 Å². The van der Waals surface area contributed by atoms with Crippen LogP contribution in [0.4, 0.5) is 14.5 Å². The summed E-state index contributed by atoms with van der Waals surface area (Å²) < 4.78 is 33.9. The molecule has 0 radical (unpaired) electrons. The number of benzene rings is 1. The molecule has 0 aliphatic carbocycles. The molecule has 4 rings (SSSR count). The van der Waals surface area contributed by atoms with Crippen LogP contribution in [-0.4, -0.2) is 53.0 Å². The van der Waals surface area contributed by atoms with Crippen LogP contribution in [0.25, 0.3) is 0 Å². The molecule has 2 N–H and O–H groups in total. The third kappa shape index (κ3) is 2.75. The van der Waals surface area contributed by atoms with Crippen molar-refractivity contribution in [3.8, 4) is 0 Å². The topological polar surface area (TPSA) is 95.9 Å². The van der Waals surface area contributed by atoms with Crippen molar-refractivity contribution in [2.75, 3.05) is 18.5 Å². The van der Waals surface area contributed by atoms with E-state index in [0.29, 0.717) is 0 Å². The van der Waals surface area contributed by atoms with Crippen molar-refractivity contribution < 1.29 is 33.0 Å². The van der Waals surface area contributed by atoms with Gasteiger partial charge in [0, 0.05) is 23.0 Å². The zero-order valence-corrected chi connectivity index (χ0v) is 16.8. The van der Waals surface area contributed by atoms with E-state index < -0.39 is 60.2 Å². The van der Waals surface area contributed by atoms with Crippen LogP contribution in [0.2, 0.25) is 10.0 Å². The Bertz CT molecular complexity index is 988. The third-order valence-electron chi connectivity index (χ3n) is 5.92. The number of esters is 1. The number of alkyl halides is 2. The summed E-state index contributed by atoms with van der Waals surface area (Å²) in [7, 11) is 0. The molecule has 0 aromatic heterocycles. The average Bonchev–Trinajstić information content (AvgIpc) is 3.20. The van der Waals surface area contributed by atoms with E-state index in [4.69, 9.17) is 27.9 Å². The Morgan fingerprint density at radius 1 is 1.40 bits per heavy atom. The number of halogens is 4. The summed E-state index contributed by atoms with van der Waals surface area (Å²) >= 11 is 12.3. The highest BCUT2D eigenvalue weighted by atomic mass is 35.5. The highest BCUT2D eigenvalue weighted by molar-refractivity contribution is 6.38. The molecular weight excluding hydrogens is 445 g/mol. The van der Waals surface area contributed by atoms with Crippen LogP contribution in [0.1, 0.15) is 12.0 Å². The first-order valence-corrected chi connectivity index (χ1v) is 9.76. The lowest BCUT2D eigenvalue weighted by Gasteiger charge is -2.36. The van der Waals surface area contributed by atoms with Crippen LogP contribution >= 0.6 is 23.2 Å². The summed E-state index contributed by atoms with van der Waals surface area (Å²) in [6, 6.07) is 1.42. The van der Waals surface area contributed by atoms with E-state index in [9.17, 15) is 28.3 Å². The van der Waals surface area contributed by atoms with Crippen LogP contribution in [0.3, 0.4) is 0 Å². The number of carbonyl (C=O) groups is 3. The number of hydrogen-bond acceptors (Lipinski definition) is 5. The molecule has 1 amide bonds. The van der Waals surface area contributed by atoms with Gasteiger partial charge in [0.05, 0.1) is 23.2 Å². The molecule has 1 aromatic rings. The van der Waals surface area contributed by atoms with Crippen LogP contribution < -0.4 is 5.32 Å². The molecule has 2 fully saturated rings. The Hall–Kier alpha value is -2.23. The quantitative estimate of drug-likeness (QED) is 0.529. The SMILES string of the molecule is C=CCOC(=O)[C@@H]1[C@@H](C(=O)O)[C@H]2CC(F)(F)CN2[C@]12C(=O)Nc1c(Cl)cc(Cl)cc12. The Morgan fingerprint density at radius 3 is 2.73 bits per heavy atom. The largest absolute Gasteiger partial charge is 0.481 e. The molecule has 2 saturated heterocycles. The maximum absolute atomic E-state index is 14.4. The minimum Gasteiger partial charge on any atom is -0.481 e. The fraction of sp³-hybridized carbons (Fsp3) is 0.421. The summed E-state index contributed by atoms with van der Waals surface area (Å²) in [6.07, 6.45) is 0.467. The van der Waals surface area contributed by atoms with Crippen LogP contribution in [-0.2, 0) is 24.7 Å². The fourth-order valence-corrected chi connectivity index (χ4v) is 5.54. The predicted octanol–water partition coefficient (Wildman–Crippen LogP) is 2.91. The second kappa shape index (κ2) is 6.90. The average molecular weight is 461 g/mol. The summed E-state index contributed by atoms with van der Waals surface area (Å²) in [4.78, 5) is 39.6. The van der Waals surface area contributed by atoms with Gasteiger partial charge in [0.2, 0.25) is 0 Å². The molecule has 0 unspecified atom stereocenters. The summed E-state index contributed by atoms with van der Waals surface area (Å²) in [5.74, 6) is -9.74. The molecule has 3 aliphatic rings. The number of aliphatic carboxylic acids is 1. The number of carbonyl (C=O) groups excluding carboxylic acids is 2. The van der Waals surface area contributed by atoms with Crippen molar-refractivity contribution in [2.45, 2.75) is 23.9 Å². The minimum absolute atomic E-state index is 0.0437. The number of amides is 1. The van der Waals surface area contributed by atoms with Gasteiger partial charge in [-0.15, -0.1) is 0 Å². The molecule has 3 heterocycles. The lowest BCUT2D eigenvalue weighted by Crippen LogP contribution is -2.54. The van der Waals surface area contributed by atoms with Gasteiger partial charge in [0.1, 0.15) is 18.1 Å². The molecule has 0 saturated carbocycles. The summed E-state index contributed by atoms with van der Waals surface area (Å²) in [6.45, 7) is 2.30. The first kappa shape index (κ1) is 21.0. The molecule has 0 bridgehead atoms. The molecule has 1 spiro atoms. The lowest BCUT2D eigenvalue weighted by molar-refractivity contribution is -0.161. The van der Waals surface area contributed by atoms with Gasteiger partial charge in [-0.3, -0.25) is 19.3 Å². The molecule has 160 valence electrons. The zero-order chi connectivity index (χ0) is 22.0. The highest BCUT2D eigenvalue weighted by Gasteiger charge is 2.74. The Labute approximate surface area is 179 Å². The molecule has 3 aliphatic heterocycles. The van der Waals surface area contributed by atoms with Crippen molar-refractivity contribution in [1.29, 1.82) is 0 Å². The maximum Gasteiger partial charge on any atom is 0.313 e. The van der Waals surface area contributed by atoms with E-state index in [-0.39, 0.29) is 27.9 Å². The second-order valence-corrected chi connectivity index (χ2v) is 8.39. The maximum atomic E-state index is 14.4. The summed E-state index contributed by atoms with van der Waals surface area (Å²) in [5.41, 5.74) is -1.86. The van der Waals surface area contributed by atoms with E-state index in [1.165, 1.54) is 18.2 Å². The number of carboxylic acids is 1. The number of nitrogens with one attached hydrogen (secondary N) is 1. The summed E-state index contributed by atoms with van der Waals surface area (Å²) in [5, 5.41) is 12.6. The molecule has 30 heavy (non-hydrogen) atoms. The van der Waals surface area contributed by atoms with Crippen molar-refractivity contribution in [3.63, 3.8) is 0 Å². The normalized spacial score (nSPS) is 31.3. The number of hydrogen-bond donors (Lipinski definition) is 2. The smallest absolute Gasteiger partial charge is 0.313 e. The van der Waals surface area contributed by atoms with E-state index in [1.807, 2.05) is 0 Å². The standard InChI is InChI=1S/C19H16Cl2F2N2O5/c1-2-3-30-16(28)13-12(15(26)27)11-6-18(22,23)7-25(11)19(13)9-4-8(20)5-10(21)14(9)24-17(19)29/h2,4-5,11-13H,1,3,6-7H2,(H,24,29)(H,26,27)/t11-,12+,13+,19+/m1/s1. The number of rotatable bonds is 4. The fourth-order valence-electron chi connectivity index (χ4n) is 5.00. The lowest BCUT2D eigenvalue weighted by atomic mass is 9.74. The van der Waals surface area contributed by atoms with Crippen molar-refractivity contribution in [1.82, 2.24) is 4.90 Å². The number of nitrogens with zero attached hydrogens (tertiary/aromatic N) is 1. The highest BCUT2D eigenvalue weighted by Crippen LogP contribution is 2.61. The predicted molar refractivity (Wildman–Crippen MR) is 103 cm³/mol. The third-order valence-corrected chi connectivity index (χ3v) is 6.44. The van der Waals surface area contributed by atoms with Gasteiger partial charge in [0.25, 0.3) is 11.8 Å². The first-order valence-electron chi connectivity index (χ1n) is 9.00. The molecule has 4 atom stereocenters. The number of ether oxygens (including phenoxy) is 1. The first-order chi connectivity index (χ1) is 14.0. The molecular formula is C19H16Cl2F2N2O5. The van der Waals surface area contributed by atoms with Gasteiger partial charge in [-0.25, -0.2) is 8.78 Å². The van der Waals surface area contributed by atoms with Gasteiger partial charge >= 0.3 is 11.9 Å². The molecule has 11 heteroatoms. The van der Waals surface area contributed by atoms with Gasteiger partial charge in [-0.1, -0.05) is 35.9 Å². The molecule has 1 aromatic carbocycles. The Kier molecular flexibility index (Phi) is 4.83. The van der Waals surface area contributed by atoms with Gasteiger partial charge in [-0.2, -0.15) is 0 Å². The number of fused-ring (bicyclic) bond motifs is 4. The van der Waals surface area contributed by atoms with Crippen molar-refractivity contribution in [2.24, 2.45) is 11.8 Å². The molecule has 7 nitrogen and oxygen atoms in total. The second-order valence-electron chi connectivity index (χ2n) is 7.55. The number of anilines is 1. The van der Waals surface area contributed by atoms with Crippen LogP contribution in [0.5, 0.6) is 0 Å². The van der Waals surface area contributed by atoms with Crippen LogP contribution in [0, 0.1) is 11.8 Å². The van der Waals surface area contributed by atoms with E-state index in [2.05, 4.69) is 11.9 Å². The zero-order valence-electron chi connectivity index (χ0n) is 15.3. The number of carboxylic acid groups (broad SMARTS) is 1. The van der Waals surface area contributed by atoms with E-state index >= 15 is 0 Å². The van der Waals surface area contributed by atoms with Crippen molar-refractivity contribution >= 4 is 46.7 Å². The van der Waals surface area contributed by atoms with E-state index in [1.54, 1.807) is 0 Å². The minimum atomic E-state index is -3.24.